The fourth-order valence-corrected chi connectivity index (χ4v) is 4.43. The molecule has 5 rings (SSSR count). The Morgan fingerprint density at radius 3 is 2.47 bits per heavy atom. The molecule has 7 nitrogen and oxygen atoms in total. The van der Waals surface area contributed by atoms with Crippen molar-refractivity contribution in [2.24, 2.45) is 0 Å². The van der Waals surface area contributed by atoms with Gasteiger partial charge in [-0.1, -0.05) is 0 Å². The highest BCUT2D eigenvalue weighted by molar-refractivity contribution is 5.94. The number of piperidine rings is 1. The Hall–Kier alpha value is -3.61. The molecule has 0 aliphatic carbocycles. The van der Waals surface area contributed by atoms with Gasteiger partial charge in [0, 0.05) is 61.1 Å². The zero-order chi connectivity index (χ0) is 22.1. The molecular formula is C25H26N6O. The summed E-state index contributed by atoms with van der Waals surface area (Å²) in [6.07, 6.45) is 10.6. The predicted molar refractivity (Wildman–Crippen MR) is 123 cm³/mol. The number of likely N-dealkylation sites (tertiary alicyclic amines) is 1. The van der Waals surface area contributed by atoms with Crippen molar-refractivity contribution in [3.05, 3.63) is 72.7 Å². The van der Waals surface area contributed by atoms with Gasteiger partial charge in [0.25, 0.3) is 5.91 Å². The van der Waals surface area contributed by atoms with Crippen molar-refractivity contribution in [3.8, 4) is 11.3 Å². The van der Waals surface area contributed by atoms with Gasteiger partial charge in [-0.25, -0.2) is 4.98 Å². The largest absolute Gasteiger partial charge is 0.339 e. The summed E-state index contributed by atoms with van der Waals surface area (Å²) < 4.78 is 2.20. The fraction of sp³-hybridized carbons (Fsp3) is 0.320. The van der Waals surface area contributed by atoms with E-state index in [1.54, 1.807) is 24.7 Å². The maximum atomic E-state index is 12.8. The molecule has 1 amide bonds. The van der Waals surface area contributed by atoms with Crippen LogP contribution in [0, 0.1) is 0 Å². The van der Waals surface area contributed by atoms with Crippen LogP contribution in [0.5, 0.6) is 0 Å². The monoisotopic (exact) mass is 426 g/mol. The van der Waals surface area contributed by atoms with Crippen molar-refractivity contribution in [2.75, 3.05) is 13.1 Å². The first-order valence-corrected chi connectivity index (χ1v) is 11.1. The molecule has 0 spiro atoms. The molecule has 4 aromatic rings. The molecule has 0 aromatic carbocycles. The van der Waals surface area contributed by atoms with Crippen molar-refractivity contribution in [2.45, 2.75) is 38.6 Å². The molecule has 0 atom stereocenters. The number of fused-ring (bicyclic) bond motifs is 1. The van der Waals surface area contributed by atoms with Gasteiger partial charge < -0.3 is 9.47 Å². The molecule has 7 heteroatoms. The van der Waals surface area contributed by atoms with Crippen LogP contribution >= 0.6 is 0 Å². The van der Waals surface area contributed by atoms with Crippen LogP contribution in [0.2, 0.25) is 0 Å². The maximum Gasteiger partial charge on any atom is 0.255 e. The number of carbonyl (C=O) groups is 1. The van der Waals surface area contributed by atoms with E-state index in [9.17, 15) is 4.79 Å². The lowest BCUT2D eigenvalue weighted by molar-refractivity contribution is 0.0711. The standard InChI is InChI=1S/C25H26N6O/c1-17(2)31-16-28-24-22(31)13-21(29-23(24)19-5-3-9-26-14-19)18-7-11-30(12-8-18)25(32)20-6-4-10-27-15-20/h3-6,9-10,13-18H,7-8,11-12H2,1-2H3. The third-order valence-corrected chi connectivity index (χ3v) is 6.18. The summed E-state index contributed by atoms with van der Waals surface area (Å²) >= 11 is 0. The minimum atomic E-state index is 0.0499. The van der Waals surface area contributed by atoms with E-state index in [1.165, 1.54) is 0 Å². The third kappa shape index (κ3) is 3.75. The summed E-state index contributed by atoms with van der Waals surface area (Å²) in [6.45, 7) is 5.74. The average Bonchev–Trinajstić information content (AvgIpc) is 3.29. The van der Waals surface area contributed by atoms with Gasteiger partial charge in [-0.3, -0.25) is 19.7 Å². The number of imidazole rings is 1. The summed E-state index contributed by atoms with van der Waals surface area (Å²) in [4.78, 5) is 32.8. The highest BCUT2D eigenvalue weighted by Gasteiger charge is 2.27. The van der Waals surface area contributed by atoms with Crippen molar-refractivity contribution in [1.29, 1.82) is 0 Å². The van der Waals surface area contributed by atoms with E-state index >= 15 is 0 Å². The van der Waals surface area contributed by atoms with Gasteiger partial charge in [0.1, 0.15) is 5.52 Å². The first-order chi connectivity index (χ1) is 15.6. The number of hydrogen-bond acceptors (Lipinski definition) is 5. The topological polar surface area (TPSA) is 76.8 Å². The first-order valence-electron chi connectivity index (χ1n) is 11.1. The number of nitrogens with zero attached hydrogens (tertiary/aromatic N) is 6. The van der Waals surface area contributed by atoms with Gasteiger partial charge >= 0.3 is 0 Å². The summed E-state index contributed by atoms with van der Waals surface area (Å²) in [5.74, 6) is 0.345. The van der Waals surface area contributed by atoms with Crippen molar-refractivity contribution in [1.82, 2.24) is 29.4 Å². The lowest BCUT2D eigenvalue weighted by Crippen LogP contribution is -2.38. The molecule has 32 heavy (non-hydrogen) atoms. The van der Waals surface area contributed by atoms with Gasteiger partial charge in [-0.05, 0) is 57.0 Å². The molecule has 162 valence electrons. The molecule has 0 saturated carbocycles. The second kappa shape index (κ2) is 8.49. The lowest BCUT2D eigenvalue weighted by Gasteiger charge is -2.32. The molecule has 1 aliphatic rings. The SMILES string of the molecule is CC(C)n1cnc2c(-c3cccnc3)nc(C3CCN(C(=O)c4cccnc4)CC3)cc21. The Labute approximate surface area is 187 Å². The van der Waals surface area contributed by atoms with Crippen LogP contribution in [0.15, 0.2) is 61.4 Å². The Morgan fingerprint density at radius 2 is 1.81 bits per heavy atom. The van der Waals surface area contributed by atoms with Crippen LogP contribution < -0.4 is 0 Å². The molecule has 0 radical (unpaired) electrons. The van der Waals surface area contributed by atoms with E-state index in [-0.39, 0.29) is 5.91 Å². The van der Waals surface area contributed by atoms with E-state index in [1.807, 2.05) is 35.6 Å². The number of hydrogen-bond donors (Lipinski definition) is 0. The molecule has 5 heterocycles. The van der Waals surface area contributed by atoms with Gasteiger partial charge in [0.15, 0.2) is 0 Å². The molecular weight excluding hydrogens is 400 g/mol. The highest BCUT2D eigenvalue weighted by atomic mass is 16.2. The Morgan fingerprint density at radius 1 is 1.06 bits per heavy atom. The van der Waals surface area contributed by atoms with E-state index in [2.05, 4.69) is 39.4 Å². The normalized spacial score (nSPS) is 14.9. The zero-order valence-corrected chi connectivity index (χ0v) is 18.3. The number of rotatable bonds is 4. The van der Waals surface area contributed by atoms with Crippen LogP contribution in [-0.4, -0.2) is 48.4 Å². The quantitative estimate of drug-likeness (QED) is 0.481. The van der Waals surface area contributed by atoms with Crippen LogP contribution in [0.25, 0.3) is 22.3 Å². The maximum absolute atomic E-state index is 12.8. The van der Waals surface area contributed by atoms with Crippen molar-refractivity contribution < 1.29 is 4.79 Å². The number of carbonyl (C=O) groups excluding carboxylic acids is 1. The van der Waals surface area contributed by atoms with Gasteiger partial charge in [0.05, 0.1) is 23.1 Å². The van der Waals surface area contributed by atoms with E-state index in [0.717, 1.165) is 40.8 Å². The lowest BCUT2D eigenvalue weighted by atomic mass is 9.92. The first kappa shape index (κ1) is 20.3. The summed E-state index contributed by atoms with van der Waals surface area (Å²) in [5.41, 5.74) is 5.55. The Kier molecular flexibility index (Phi) is 5.39. The van der Waals surface area contributed by atoms with Crippen LogP contribution in [-0.2, 0) is 0 Å². The number of amides is 1. The second-order valence-electron chi connectivity index (χ2n) is 8.56. The molecule has 1 aliphatic heterocycles. The molecule has 1 saturated heterocycles. The van der Waals surface area contributed by atoms with E-state index in [0.29, 0.717) is 30.6 Å². The molecule has 1 fully saturated rings. The molecule has 0 N–H and O–H groups in total. The number of pyridine rings is 3. The molecule has 4 aromatic heterocycles. The average molecular weight is 427 g/mol. The van der Waals surface area contributed by atoms with Gasteiger partial charge in [-0.15, -0.1) is 0 Å². The van der Waals surface area contributed by atoms with Crippen molar-refractivity contribution >= 4 is 16.9 Å². The summed E-state index contributed by atoms with van der Waals surface area (Å²) in [6, 6.07) is 10.1. The van der Waals surface area contributed by atoms with Crippen LogP contribution in [0.3, 0.4) is 0 Å². The highest BCUT2D eigenvalue weighted by Crippen LogP contribution is 2.34. The zero-order valence-electron chi connectivity index (χ0n) is 18.3. The summed E-state index contributed by atoms with van der Waals surface area (Å²) in [5, 5.41) is 0. The number of aromatic nitrogens is 5. The third-order valence-electron chi connectivity index (χ3n) is 6.18. The van der Waals surface area contributed by atoms with Crippen LogP contribution in [0.1, 0.15) is 54.7 Å². The summed E-state index contributed by atoms with van der Waals surface area (Å²) in [7, 11) is 0. The van der Waals surface area contributed by atoms with E-state index < -0.39 is 0 Å². The minimum Gasteiger partial charge on any atom is -0.339 e. The fourth-order valence-electron chi connectivity index (χ4n) is 4.43. The van der Waals surface area contributed by atoms with E-state index in [4.69, 9.17) is 4.98 Å². The van der Waals surface area contributed by atoms with Gasteiger partial charge in [-0.2, -0.15) is 0 Å². The Bertz CT molecular complexity index is 1230. The minimum absolute atomic E-state index is 0.0499. The van der Waals surface area contributed by atoms with Crippen LogP contribution in [0.4, 0.5) is 0 Å². The second-order valence-corrected chi connectivity index (χ2v) is 8.56. The molecule has 0 unspecified atom stereocenters. The molecule has 0 bridgehead atoms. The smallest absolute Gasteiger partial charge is 0.255 e. The Balaban J connectivity index is 1.46. The van der Waals surface area contributed by atoms with Gasteiger partial charge in [0.2, 0.25) is 0 Å². The van der Waals surface area contributed by atoms with Crippen molar-refractivity contribution in [3.63, 3.8) is 0 Å². The predicted octanol–water partition coefficient (Wildman–Crippen LogP) is 4.49.